The maximum absolute atomic E-state index is 12.4. The summed E-state index contributed by atoms with van der Waals surface area (Å²) in [6, 6.07) is 23.4. The fraction of sp³-hybridized carbons (Fsp3) is 0.174. The van der Waals surface area contributed by atoms with Crippen LogP contribution in [0.5, 0.6) is 11.5 Å². The molecule has 1 heterocycles. The van der Waals surface area contributed by atoms with Crippen LogP contribution in [0, 0.1) is 6.92 Å². The second-order valence-electron chi connectivity index (χ2n) is 6.58. The van der Waals surface area contributed by atoms with Gasteiger partial charge in [-0.1, -0.05) is 66.7 Å². The Labute approximate surface area is 158 Å². The van der Waals surface area contributed by atoms with Crippen LogP contribution >= 0.6 is 0 Å². The number of hydrogen-bond acceptors (Lipinski definition) is 3. The van der Waals surface area contributed by atoms with Gasteiger partial charge in [0.1, 0.15) is 11.5 Å². The molecule has 4 rings (SSSR count). The van der Waals surface area contributed by atoms with Crippen molar-refractivity contribution in [1.82, 2.24) is 5.32 Å². The van der Waals surface area contributed by atoms with Gasteiger partial charge in [0.25, 0.3) is 0 Å². The van der Waals surface area contributed by atoms with Crippen LogP contribution < -0.4 is 10.1 Å². The fourth-order valence-corrected chi connectivity index (χ4v) is 3.35. The number of nitrogens with one attached hydrogen (secondary N) is 1. The summed E-state index contributed by atoms with van der Waals surface area (Å²) in [5, 5.41) is 3.00. The zero-order chi connectivity index (χ0) is 18.6. The summed E-state index contributed by atoms with van der Waals surface area (Å²) >= 11 is 0. The first kappa shape index (κ1) is 17.2. The Hall–Kier alpha value is -3.27. The highest BCUT2D eigenvalue weighted by Crippen LogP contribution is 2.44. The Kier molecular flexibility index (Phi) is 4.79. The van der Waals surface area contributed by atoms with E-state index < -0.39 is 6.09 Å². The van der Waals surface area contributed by atoms with Gasteiger partial charge in [-0.2, -0.15) is 0 Å². The predicted molar refractivity (Wildman–Crippen MR) is 104 cm³/mol. The molecule has 136 valence electrons. The number of rotatable bonds is 4. The minimum atomic E-state index is -0.430. The lowest BCUT2D eigenvalue weighted by atomic mass is 9.93. The van der Waals surface area contributed by atoms with Gasteiger partial charge >= 0.3 is 6.09 Å². The van der Waals surface area contributed by atoms with Gasteiger partial charge in [0, 0.05) is 17.5 Å². The second kappa shape index (κ2) is 7.54. The lowest BCUT2D eigenvalue weighted by Crippen LogP contribution is -2.32. The predicted octanol–water partition coefficient (Wildman–Crippen LogP) is 5.16. The van der Waals surface area contributed by atoms with Crippen LogP contribution in [0.25, 0.3) is 0 Å². The molecule has 3 aromatic carbocycles. The molecule has 1 aliphatic rings. The summed E-state index contributed by atoms with van der Waals surface area (Å²) in [5.74, 6) is 1.56. The number of alkyl carbamates (subject to hydrolysis) is 1. The van der Waals surface area contributed by atoms with Crippen molar-refractivity contribution in [1.29, 1.82) is 0 Å². The molecule has 4 nitrogen and oxygen atoms in total. The molecule has 0 radical (unpaired) electrons. The van der Waals surface area contributed by atoms with E-state index in [-0.39, 0.29) is 6.04 Å². The van der Waals surface area contributed by atoms with E-state index in [1.807, 2.05) is 79.7 Å². The van der Waals surface area contributed by atoms with Crippen molar-refractivity contribution >= 4 is 6.09 Å². The van der Waals surface area contributed by atoms with Crippen molar-refractivity contribution in [2.75, 3.05) is 6.61 Å². The van der Waals surface area contributed by atoms with Gasteiger partial charge in [-0.25, -0.2) is 4.79 Å². The zero-order valence-electron chi connectivity index (χ0n) is 15.1. The van der Waals surface area contributed by atoms with Crippen LogP contribution in [0.1, 0.15) is 28.3 Å². The van der Waals surface area contributed by atoms with E-state index in [1.54, 1.807) is 0 Å². The van der Waals surface area contributed by atoms with Crippen LogP contribution in [-0.4, -0.2) is 12.7 Å². The molecule has 3 aromatic rings. The highest BCUT2D eigenvalue weighted by molar-refractivity contribution is 5.70. The molecule has 1 aliphatic heterocycles. The Morgan fingerprint density at radius 3 is 2.56 bits per heavy atom. The summed E-state index contributed by atoms with van der Waals surface area (Å²) in [4.78, 5) is 12.4. The molecule has 27 heavy (non-hydrogen) atoms. The van der Waals surface area contributed by atoms with Crippen molar-refractivity contribution in [2.24, 2.45) is 0 Å². The number of carbonyl (C=O) groups is 1. The van der Waals surface area contributed by atoms with E-state index in [9.17, 15) is 4.79 Å². The van der Waals surface area contributed by atoms with Gasteiger partial charge in [-0.05, 0) is 24.1 Å². The average molecular weight is 359 g/mol. The van der Waals surface area contributed by atoms with E-state index in [4.69, 9.17) is 9.47 Å². The minimum absolute atomic E-state index is 0.297. The largest absolute Gasteiger partial charge is 0.456 e. The number of para-hydroxylation sites is 2. The van der Waals surface area contributed by atoms with Crippen LogP contribution in [0.2, 0.25) is 0 Å². The first-order chi connectivity index (χ1) is 13.2. The number of carbonyl (C=O) groups excluding carboxylic acids is 1. The number of amides is 1. The van der Waals surface area contributed by atoms with E-state index in [2.05, 4.69) is 5.32 Å². The first-order valence-electron chi connectivity index (χ1n) is 9.06. The molecule has 0 unspecified atom stereocenters. The molecular formula is C23H21NO3. The smallest absolute Gasteiger partial charge is 0.407 e. The van der Waals surface area contributed by atoms with Crippen LogP contribution in [0.15, 0.2) is 72.8 Å². The van der Waals surface area contributed by atoms with Crippen molar-refractivity contribution < 1.29 is 14.3 Å². The molecular weight excluding hydrogens is 338 g/mol. The van der Waals surface area contributed by atoms with Crippen LogP contribution in [0.3, 0.4) is 0 Å². The van der Waals surface area contributed by atoms with Crippen LogP contribution in [-0.2, 0) is 11.2 Å². The molecule has 1 amide bonds. The lowest BCUT2D eigenvalue weighted by Gasteiger charge is -2.29. The Bertz CT molecular complexity index is 953. The topological polar surface area (TPSA) is 47.6 Å². The number of hydrogen-bond donors (Lipinski definition) is 1. The van der Waals surface area contributed by atoms with Crippen molar-refractivity contribution in [2.45, 2.75) is 19.4 Å². The normalized spacial score (nSPS) is 14.5. The third-order valence-corrected chi connectivity index (χ3v) is 4.72. The molecule has 1 N–H and O–H groups in total. The molecule has 0 aliphatic carbocycles. The fourth-order valence-electron chi connectivity index (χ4n) is 3.35. The quantitative estimate of drug-likeness (QED) is 0.700. The van der Waals surface area contributed by atoms with Gasteiger partial charge in [0.05, 0.1) is 12.6 Å². The monoisotopic (exact) mass is 359 g/mol. The maximum Gasteiger partial charge on any atom is 0.407 e. The Morgan fingerprint density at radius 2 is 1.70 bits per heavy atom. The average Bonchev–Trinajstić information content (AvgIpc) is 2.69. The molecule has 1 atom stereocenters. The molecule has 0 saturated heterocycles. The summed E-state index contributed by atoms with van der Waals surface area (Å²) in [6.07, 6.45) is 0.258. The van der Waals surface area contributed by atoms with E-state index >= 15 is 0 Å². The van der Waals surface area contributed by atoms with E-state index in [0.717, 1.165) is 33.8 Å². The number of fused-ring (bicyclic) bond motifs is 2. The number of ether oxygens (including phenoxy) is 2. The van der Waals surface area contributed by atoms with Gasteiger partial charge in [0.15, 0.2) is 0 Å². The standard InChI is InChI=1S/C23H21NO3/c1-16-8-7-12-19-21(18-11-5-6-13-20(18)27-22(16)19)24-23(25)26-15-14-17-9-3-2-4-10-17/h2-13,21H,14-15H2,1H3,(H,24,25)/t21-/m1/s1. The number of benzene rings is 3. The van der Waals surface area contributed by atoms with E-state index in [1.165, 1.54) is 0 Å². The van der Waals surface area contributed by atoms with Crippen molar-refractivity contribution in [3.63, 3.8) is 0 Å². The molecule has 0 fully saturated rings. The third kappa shape index (κ3) is 3.65. The summed E-state index contributed by atoms with van der Waals surface area (Å²) < 4.78 is 11.5. The number of aryl methyl sites for hydroxylation is 1. The Morgan fingerprint density at radius 1 is 0.963 bits per heavy atom. The molecule has 0 aromatic heterocycles. The maximum atomic E-state index is 12.4. The van der Waals surface area contributed by atoms with Gasteiger partial charge < -0.3 is 14.8 Å². The summed E-state index contributed by atoms with van der Waals surface area (Å²) in [5.41, 5.74) is 4.04. The van der Waals surface area contributed by atoms with Crippen LogP contribution in [0.4, 0.5) is 4.79 Å². The third-order valence-electron chi connectivity index (χ3n) is 4.72. The Balaban J connectivity index is 1.50. The van der Waals surface area contributed by atoms with Gasteiger partial charge in [-0.3, -0.25) is 0 Å². The second-order valence-corrected chi connectivity index (χ2v) is 6.58. The van der Waals surface area contributed by atoms with Gasteiger partial charge in [0.2, 0.25) is 0 Å². The lowest BCUT2D eigenvalue weighted by molar-refractivity contribution is 0.144. The molecule has 0 bridgehead atoms. The molecule has 4 heteroatoms. The van der Waals surface area contributed by atoms with Crippen molar-refractivity contribution in [3.8, 4) is 11.5 Å². The highest BCUT2D eigenvalue weighted by Gasteiger charge is 2.29. The van der Waals surface area contributed by atoms with Gasteiger partial charge in [-0.15, -0.1) is 0 Å². The first-order valence-corrected chi connectivity index (χ1v) is 9.06. The van der Waals surface area contributed by atoms with Crippen molar-refractivity contribution in [3.05, 3.63) is 95.1 Å². The highest BCUT2D eigenvalue weighted by atomic mass is 16.5. The van der Waals surface area contributed by atoms with E-state index in [0.29, 0.717) is 13.0 Å². The molecule has 0 spiro atoms. The summed E-state index contributed by atoms with van der Waals surface area (Å²) in [7, 11) is 0. The SMILES string of the molecule is Cc1cccc2c1Oc1ccccc1[C@H]2NC(=O)OCCc1ccccc1. The summed E-state index contributed by atoms with van der Waals surface area (Å²) in [6.45, 7) is 2.34. The zero-order valence-corrected chi connectivity index (χ0v) is 15.1. The molecule has 0 saturated carbocycles. The minimum Gasteiger partial charge on any atom is -0.456 e.